The van der Waals surface area contributed by atoms with Crippen molar-refractivity contribution < 1.29 is 4.39 Å². The quantitative estimate of drug-likeness (QED) is 0.504. The number of aliphatic imine (C=N–C) groups is 1. The van der Waals surface area contributed by atoms with Crippen molar-refractivity contribution in [3.8, 4) is 0 Å². The van der Waals surface area contributed by atoms with Crippen molar-refractivity contribution in [1.29, 1.82) is 0 Å². The molecule has 0 amide bonds. The normalized spacial score (nSPS) is 20.1. The zero-order chi connectivity index (χ0) is 17.5. The molecule has 0 aliphatic carbocycles. The van der Waals surface area contributed by atoms with Gasteiger partial charge in [-0.3, -0.25) is 9.89 Å². The van der Waals surface area contributed by atoms with Gasteiger partial charge in [-0.25, -0.2) is 4.39 Å². The highest BCUT2D eigenvalue weighted by molar-refractivity contribution is 5.78. The Hall–Kier alpha value is -1.82. The monoisotopic (exact) mass is 347 g/mol. The number of para-hydroxylation sites is 1. The zero-order valence-corrected chi connectivity index (χ0v) is 15.0. The Balaban J connectivity index is 1.36. The van der Waals surface area contributed by atoms with Crippen LogP contribution in [0.15, 0.2) is 29.3 Å². The van der Waals surface area contributed by atoms with E-state index < -0.39 is 0 Å². The molecule has 0 bridgehead atoms. The van der Waals surface area contributed by atoms with Crippen LogP contribution in [0, 0.1) is 5.82 Å². The lowest BCUT2D eigenvalue weighted by Crippen LogP contribution is -2.47. The maximum atomic E-state index is 13.9. The van der Waals surface area contributed by atoms with Crippen LogP contribution in [0.3, 0.4) is 0 Å². The maximum absolute atomic E-state index is 13.9. The molecular weight excluding hydrogens is 317 g/mol. The minimum Gasteiger partial charge on any atom is -0.370 e. The number of likely N-dealkylation sites (tertiary alicyclic amines) is 1. The molecule has 2 saturated heterocycles. The number of halogens is 1. The second kappa shape index (κ2) is 9.04. The SMILES string of the molecule is NC(=NCCCN1CCN(c2ccccc2F)CC1)N1CCCCC1. The van der Waals surface area contributed by atoms with Gasteiger partial charge >= 0.3 is 0 Å². The summed E-state index contributed by atoms with van der Waals surface area (Å²) < 4.78 is 13.9. The molecule has 2 aliphatic rings. The molecule has 0 aromatic heterocycles. The van der Waals surface area contributed by atoms with Crippen LogP contribution < -0.4 is 10.6 Å². The Morgan fingerprint density at radius 2 is 1.72 bits per heavy atom. The number of hydrogen-bond donors (Lipinski definition) is 1. The number of anilines is 1. The van der Waals surface area contributed by atoms with E-state index >= 15 is 0 Å². The lowest BCUT2D eigenvalue weighted by atomic mass is 10.1. The highest BCUT2D eigenvalue weighted by Gasteiger charge is 2.18. The highest BCUT2D eigenvalue weighted by Crippen LogP contribution is 2.20. The molecule has 1 aromatic rings. The molecule has 0 spiro atoms. The molecule has 25 heavy (non-hydrogen) atoms. The van der Waals surface area contributed by atoms with Crippen LogP contribution in [0.4, 0.5) is 10.1 Å². The first-order valence-corrected chi connectivity index (χ1v) is 9.51. The van der Waals surface area contributed by atoms with E-state index in [1.807, 2.05) is 12.1 Å². The molecule has 2 heterocycles. The molecule has 0 radical (unpaired) electrons. The molecule has 6 heteroatoms. The molecule has 0 saturated carbocycles. The third-order valence-corrected chi connectivity index (χ3v) is 5.15. The second-order valence-electron chi connectivity index (χ2n) is 6.92. The minimum absolute atomic E-state index is 0.126. The van der Waals surface area contributed by atoms with Gasteiger partial charge in [-0.05, 0) is 37.8 Å². The van der Waals surface area contributed by atoms with Gasteiger partial charge < -0.3 is 15.5 Å². The van der Waals surface area contributed by atoms with Gasteiger partial charge in [0.1, 0.15) is 5.82 Å². The summed E-state index contributed by atoms with van der Waals surface area (Å²) in [5, 5.41) is 0. The first-order chi connectivity index (χ1) is 12.2. The third-order valence-electron chi connectivity index (χ3n) is 5.15. The van der Waals surface area contributed by atoms with Crippen molar-refractivity contribution in [1.82, 2.24) is 9.80 Å². The molecule has 2 aliphatic heterocycles. The Bertz CT molecular complexity index is 563. The van der Waals surface area contributed by atoms with Crippen LogP contribution in [0.5, 0.6) is 0 Å². The van der Waals surface area contributed by atoms with Gasteiger partial charge in [-0.1, -0.05) is 12.1 Å². The summed E-state index contributed by atoms with van der Waals surface area (Å²) in [6.45, 7) is 7.61. The van der Waals surface area contributed by atoms with E-state index in [4.69, 9.17) is 5.73 Å². The van der Waals surface area contributed by atoms with E-state index in [1.54, 1.807) is 6.07 Å². The van der Waals surface area contributed by atoms with Gasteiger partial charge in [0, 0.05) is 52.4 Å². The van der Waals surface area contributed by atoms with E-state index in [2.05, 4.69) is 19.7 Å². The van der Waals surface area contributed by atoms with Crippen LogP contribution in [0.25, 0.3) is 0 Å². The lowest BCUT2D eigenvalue weighted by Gasteiger charge is -2.36. The molecule has 5 nitrogen and oxygen atoms in total. The molecule has 3 rings (SSSR count). The summed E-state index contributed by atoms with van der Waals surface area (Å²) in [6, 6.07) is 7.04. The first-order valence-electron chi connectivity index (χ1n) is 9.51. The van der Waals surface area contributed by atoms with Gasteiger partial charge in [-0.2, -0.15) is 0 Å². The number of benzene rings is 1. The molecular formula is C19H30FN5. The van der Waals surface area contributed by atoms with Crippen molar-refractivity contribution in [3.63, 3.8) is 0 Å². The Kier molecular flexibility index (Phi) is 6.50. The van der Waals surface area contributed by atoms with Crippen molar-refractivity contribution in [2.24, 2.45) is 10.7 Å². The van der Waals surface area contributed by atoms with Crippen LogP contribution in [-0.2, 0) is 0 Å². The van der Waals surface area contributed by atoms with E-state index in [-0.39, 0.29) is 5.82 Å². The fraction of sp³-hybridized carbons (Fsp3) is 0.632. The lowest BCUT2D eigenvalue weighted by molar-refractivity contribution is 0.255. The first kappa shape index (κ1) is 18.0. The Morgan fingerprint density at radius 1 is 1.00 bits per heavy atom. The smallest absolute Gasteiger partial charge is 0.191 e. The predicted molar refractivity (Wildman–Crippen MR) is 102 cm³/mol. The number of nitrogens with two attached hydrogens (primary N) is 1. The van der Waals surface area contributed by atoms with Gasteiger partial charge in [0.2, 0.25) is 0 Å². The largest absolute Gasteiger partial charge is 0.370 e. The average molecular weight is 347 g/mol. The number of rotatable bonds is 5. The number of guanidine groups is 1. The van der Waals surface area contributed by atoms with E-state index in [9.17, 15) is 4.39 Å². The summed E-state index contributed by atoms with van der Waals surface area (Å²) in [6.07, 6.45) is 4.78. The van der Waals surface area contributed by atoms with Crippen LogP contribution >= 0.6 is 0 Å². The molecule has 0 atom stereocenters. The topological polar surface area (TPSA) is 48.1 Å². The van der Waals surface area contributed by atoms with Crippen molar-refractivity contribution in [2.45, 2.75) is 25.7 Å². The van der Waals surface area contributed by atoms with Crippen molar-refractivity contribution >= 4 is 11.6 Å². The third kappa shape index (κ3) is 5.08. The predicted octanol–water partition coefficient (Wildman–Crippen LogP) is 2.14. The number of nitrogens with zero attached hydrogens (tertiary/aromatic N) is 4. The number of piperazine rings is 1. The maximum Gasteiger partial charge on any atom is 0.191 e. The van der Waals surface area contributed by atoms with Crippen LogP contribution in [-0.4, -0.2) is 68.1 Å². The number of piperidine rings is 1. The second-order valence-corrected chi connectivity index (χ2v) is 6.92. The van der Waals surface area contributed by atoms with Gasteiger partial charge in [0.25, 0.3) is 0 Å². The van der Waals surface area contributed by atoms with E-state index in [1.165, 1.54) is 25.3 Å². The summed E-state index contributed by atoms with van der Waals surface area (Å²) in [4.78, 5) is 11.3. The van der Waals surface area contributed by atoms with Gasteiger partial charge in [0.05, 0.1) is 5.69 Å². The average Bonchev–Trinajstić information content (AvgIpc) is 2.67. The minimum atomic E-state index is -0.126. The van der Waals surface area contributed by atoms with Crippen molar-refractivity contribution in [2.75, 3.05) is 57.3 Å². The van der Waals surface area contributed by atoms with E-state index in [0.29, 0.717) is 5.96 Å². The molecule has 0 unspecified atom stereocenters. The van der Waals surface area contributed by atoms with Gasteiger partial charge in [0.15, 0.2) is 5.96 Å². The molecule has 1 aromatic carbocycles. The summed E-state index contributed by atoms with van der Waals surface area (Å²) in [5.41, 5.74) is 6.81. The van der Waals surface area contributed by atoms with E-state index in [0.717, 1.165) is 64.5 Å². The molecule has 138 valence electrons. The summed E-state index contributed by atoms with van der Waals surface area (Å²) in [5.74, 6) is 0.586. The van der Waals surface area contributed by atoms with Crippen molar-refractivity contribution in [3.05, 3.63) is 30.1 Å². The Labute approximate surface area is 150 Å². The molecule has 2 fully saturated rings. The molecule has 2 N–H and O–H groups in total. The summed E-state index contributed by atoms with van der Waals surface area (Å²) in [7, 11) is 0. The summed E-state index contributed by atoms with van der Waals surface area (Å²) >= 11 is 0. The van der Waals surface area contributed by atoms with Crippen LogP contribution in [0.1, 0.15) is 25.7 Å². The fourth-order valence-corrected chi connectivity index (χ4v) is 3.63. The van der Waals surface area contributed by atoms with Gasteiger partial charge in [-0.15, -0.1) is 0 Å². The fourth-order valence-electron chi connectivity index (χ4n) is 3.63. The Morgan fingerprint density at radius 3 is 2.44 bits per heavy atom. The number of hydrogen-bond acceptors (Lipinski definition) is 3. The standard InChI is InChI=1S/C19H30FN5/c20-17-7-2-3-8-18(17)24-15-13-23(14-16-24)10-6-9-22-19(21)25-11-4-1-5-12-25/h2-3,7-8H,1,4-6,9-16H2,(H2,21,22). The highest BCUT2D eigenvalue weighted by atomic mass is 19.1. The zero-order valence-electron chi connectivity index (χ0n) is 15.0. The van der Waals surface area contributed by atoms with Crippen LogP contribution in [0.2, 0.25) is 0 Å².